The van der Waals surface area contributed by atoms with Crippen LogP contribution < -0.4 is 4.90 Å². The number of benzene rings is 13. The lowest BCUT2D eigenvalue weighted by Gasteiger charge is -2.34. The van der Waals surface area contributed by atoms with Gasteiger partial charge in [0.05, 0.1) is 11.1 Å². The van der Waals surface area contributed by atoms with E-state index in [0.717, 1.165) is 22.6 Å². The van der Waals surface area contributed by atoms with Crippen LogP contribution in [0.4, 0.5) is 17.1 Å². The smallest absolute Gasteiger partial charge is 0.0713 e. The molecule has 1 nitrogen and oxygen atoms in total. The van der Waals surface area contributed by atoms with Crippen LogP contribution in [0.15, 0.2) is 285 Å². The van der Waals surface area contributed by atoms with Crippen LogP contribution in [-0.4, -0.2) is 0 Å². The number of fused-ring (bicyclic) bond motifs is 9. The molecule has 1 aliphatic carbocycles. The van der Waals surface area contributed by atoms with Gasteiger partial charge in [-0.25, -0.2) is 0 Å². The third kappa shape index (κ3) is 6.48. The van der Waals surface area contributed by atoms with Crippen molar-refractivity contribution in [1.82, 2.24) is 0 Å². The quantitative estimate of drug-likeness (QED) is 0.137. The summed E-state index contributed by atoms with van der Waals surface area (Å²) in [4.78, 5) is 2.47. The minimum atomic E-state index is -0.480. The Morgan fingerprint density at radius 1 is 0.250 bits per heavy atom. The summed E-state index contributed by atoms with van der Waals surface area (Å²) in [5.74, 6) is 0. The highest BCUT2D eigenvalue weighted by atomic mass is 15.1. The Bertz CT molecular complexity index is 4140. The molecule has 0 radical (unpaired) electrons. The van der Waals surface area contributed by atoms with E-state index in [4.69, 9.17) is 0 Å². The van der Waals surface area contributed by atoms with Crippen molar-refractivity contribution in [1.29, 1.82) is 0 Å². The van der Waals surface area contributed by atoms with Gasteiger partial charge in [0.15, 0.2) is 0 Å². The zero-order valence-corrected chi connectivity index (χ0v) is 39.6. The van der Waals surface area contributed by atoms with Gasteiger partial charge in [-0.2, -0.15) is 0 Å². The number of anilines is 3. The van der Waals surface area contributed by atoms with Gasteiger partial charge in [0.25, 0.3) is 0 Å². The van der Waals surface area contributed by atoms with Gasteiger partial charge in [-0.05, 0) is 141 Å². The van der Waals surface area contributed by atoms with Crippen molar-refractivity contribution in [3.05, 3.63) is 307 Å². The van der Waals surface area contributed by atoms with Crippen LogP contribution in [0.2, 0.25) is 0 Å². The molecule has 0 amide bonds. The number of hydrogen-bond acceptors (Lipinski definition) is 1. The Hall–Kier alpha value is -9.30. The molecule has 0 bridgehead atoms. The second-order valence-corrected chi connectivity index (χ2v) is 19.1. The number of hydrogen-bond donors (Lipinski definition) is 0. The molecule has 14 rings (SSSR count). The molecule has 13 aromatic rings. The summed E-state index contributed by atoms with van der Waals surface area (Å²) < 4.78 is 0. The zero-order chi connectivity index (χ0) is 47.6. The van der Waals surface area contributed by atoms with Crippen molar-refractivity contribution >= 4 is 60.2 Å². The van der Waals surface area contributed by atoms with E-state index in [1.165, 1.54) is 104 Å². The van der Waals surface area contributed by atoms with Crippen molar-refractivity contribution in [2.75, 3.05) is 4.90 Å². The van der Waals surface area contributed by atoms with Crippen LogP contribution in [0.5, 0.6) is 0 Å². The Labute approximate surface area is 420 Å². The Morgan fingerprint density at radius 2 is 0.750 bits per heavy atom. The van der Waals surface area contributed by atoms with Crippen LogP contribution in [0, 0.1) is 0 Å². The molecule has 0 unspecified atom stereocenters. The predicted molar refractivity (Wildman–Crippen MR) is 305 cm³/mol. The van der Waals surface area contributed by atoms with Crippen molar-refractivity contribution in [2.45, 2.75) is 5.41 Å². The molecule has 72 heavy (non-hydrogen) atoms. The molecule has 0 heterocycles. The predicted octanol–water partition coefficient (Wildman–Crippen LogP) is 19.1. The first-order chi connectivity index (χ1) is 35.7. The number of rotatable bonds is 8. The highest BCUT2D eigenvalue weighted by molar-refractivity contribution is 6.22. The first kappa shape index (κ1) is 41.7. The zero-order valence-electron chi connectivity index (χ0n) is 39.6. The number of nitrogens with zero attached hydrogens (tertiary/aromatic N) is 1. The minimum absolute atomic E-state index is 0.480. The van der Waals surface area contributed by atoms with Gasteiger partial charge in [0, 0.05) is 16.8 Å². The van der Waals surface area contributed by atoms with Gasteiger partial charge in [0.1, 0.15) is 0 Å². The van der Waals surface area contributed by atoms with Gasteiger partial charge < -0.3 is 4.90 Å². The molecule has 0 aliphatic heterocycles. The van der Waals surface area contributed by atoms with Crippen molar-refractivity contribution in [3.8, 4) is 44.5 Å². The van der Waals surface area contributed by atoms with E-state index >= 15 is 0 Å². The van der Waals surface area contributed by atoms with Gasteiger partial charge in [-0.3, -0.25) is 0 Å². The third-order valence-electron chi connectivity index (χ3n) is 15.3. The van der Waals surface area contributed by atoms with E-state index in [-0.39, 0.29) is 0 Å². The molecule has 0 saturated carbocycles. The summed E-state index contributed by atoms with van der Waals surface area (Å²) in [6, 6.07) is 105. The molecule has 0 spiro atoms. The summed E-state index contributed by atoms with van der Waals surface area (Å²) in [5, 5.41) is 9.93. The molecule has 0 atom stereocenters. The lowest BCUT2D eigenvalue weighted by molar-refractivity contribution is 0.768. The van der Waals surface area contributed by atoms with E-state index in [9.17, 15) is 0 Å². The normalized spacial score (nSPS) is 12.6. The highest BCUT2D eigenvalue weighted by Gasteiger charge is 2.46. The van der Waals surface area contributed by atoms with Gasteiger partial charge in [-0.1, -0.05) is 249 Å². The fraction of sp³-hybridized carbons (Fsp3) is 0.0141. The molecular formula is C71H47N. The first-order valence-electron chi connectivity index (χ1n) is 25.0. The molecule has 336 valence electrons. The lowest BCUT2D eigenvalue weighted by atomic mass is 9.68. The average Bonchev–Trinajstić information content (AvgIpc) is 3.76. The van der Waals surface area contributed by atoms with E-state index in [1.54, 1.807) is 0 Å². The van der Waals surface area contributed by atoms with Crippen LogP contribution in [-0.2, 0) is 5.41 Å². The maximum atomic E-state index is 2.47. The molecule has 1 aliphatic rings. The summed E-state index contributed by atoms with van der Waals surface area (Å²) in [7, 11) is 0. The van der Waals surface area contributed by atoms with Gasteiger partial charge in [-0.15, -0.1) is 0 Å². The first-order valence-corrected chi connectivity index (χ1v) is 25.0. The van der Waals surface area contributed by atoms with E-state index in [0.29, 0.717) is 0 Å². The van der Waals surface area contributed by atoms with E-state index in [2.05, 4.69) is 290 Å². The Balaban J connectivity index is 0.968. The van der Waals surface area contributed by atoms with E-state index in [1.807, 2.05) is 0 Å². The highest BCUT2D eigenvalue weighted by Crippen LogP contribution is 2.57. The van der Waals surface area contributed by atoms with Crippen LogP contribution in [0.25, 0.3) is 87.6 Å². The molecule has 0 N–H and O–H groups in total. The molecular weight excluding hydrogens is 867 g/mol. The maximum Gasteiger partial charge on any atom is 0.0713 e. The molecule has 13 aromatic carbocycles. The maximum absolute atomic E-state index is 2.47. The standard InChI is InChI=1S/C71H47N/c1-5-21-50(22-6-1)69-63-32-16-15-30-59(63)60-43-39-52(46-65(60)70(69)51-23-7-2-8-24-51)48-36-40-55(41-37-48)72(68-35-19-33-58-57-29-14-13-20-49(57)38-44-62(58)68)56-42-45-67-64(47-56)61-31-17-18-34-66(61)71(67,53-25-9-3-10-26-53)54-27-11-4-12-28-54/h1-47H. The summed E-state index contributed by atoms with van der Waals surface area (Å²) in [5.41, 5.74) is 17.7. The summed E-state index contributed by atoms with van der Waals surface area (Å²) in [6.45, 7) is 0. The van der Waals surface area contributed by atoms with Gasteiger partial charge in [0.2, 0.25) is 0 Å². The minimum Gasteiger partial charge on any atom is -0.310 e. The molecule has 0 saturated heterocycles. The van der Waals surface area contributed by atoms with E-state index < -0.39 is 5.41 Å². The van der Waals surface area contributed by atoms with Crippen LogP contribution in [0.1, 0.15) is 22.3 Å². The van der Waals surface area contributed by atoms with Gasteiger partial charge >= 0.3 is 0 Å². The van der Waals surface area contributed by atoms with Crippen LogP contribution >= 0.6 is 0 Å². The molecule has 1 heteroatoms. The molecule has 0 fully saturated rings. The summed E-state index contributed by atoms with van der Waals surface area (Å²) in [6.07, 6.45) is 0. The average molecular weight is 914 g/mol. The Morgan fingerprint density at radius 3 is 1.46 bits per heavy atom. The van der Waals surface area contributed by atoms with Crippen molar-refractivity contribution in [3.63, 3.8) is 0 Å². The van der Waals surface area contributed by atoms with Crippen molar-refractivity contribution in [2.24, 2.45) is 0 Å². The topological polar surface area (TPSA) is 3.24 Å². The second-order valence-electron chi connectivity index (χ2n) is 19.1. The Kier molecular flexibility index (Phi) is 9.82. The largest absolute Gasteiger partial charge is 0.310 e. The SMILES string of the molecule is c1ccc(-c2c(-c3ccccc3)c3cc(-c4ccc(N(c5ccc6c(c5)-c5ccccc5C6(c5ccccc5)c5ccccc5)c5cccc6c5ccc5ccccc56)cc4)ccc3c3ccccc23)cc1. The summed E-state index contributed by atoms with van der Waals surface area (Å²) >= 11 is 0. The second kappa shape index (κ2) is 17.0. The van der Waals surface area contributed by atoms with Crippen LogP contribution in [0.3, 0.4) is 0 Å². The van der Waals surface area contributed by atoms with Crippen molar-refractivity contribution < 1.29 is 0 Å². The molecule has 0 aromatic heterocycles. The third-order valence-corrected chi connectivity index (χ3v) is 15.3. The fourth-order valence-corrected chi connectivity index (χ4v) is 12.2. The monoisotopic (exact) mass is 913 g/mol. The lowest BCUT2D eigenvalue weighted by Crippen LogP contribution is -2.28. The fourth-order valence-electron chi connectivity index (χ4n) is 12.2.